The summed E-state index contributed by atoms with van der Waals surface area (Å²) in [5, 5.41) is 5.65. The second-order valence-corrected chi connectivity index (χ2v) is 4.82. The minimum absolute atomic E-state index is 0.0455. The minimum Gasteiger partial charge on any atom is -0.459 e. The van der Waals surface area contributed by atoms with Crippen molar-refractivity contribution in [2.45, 2.75) is 39.5 Å². The number of furan rings is 1. The molecule has 0 aliphatic rings. The van der Waals surface area contributed by atoms with E-state index in [0.717, 1.165) is 19.4 Å². The zero-order valence-electron chi connectivity index (χ0n) is 12.3. The Kier molecular flexibility index (Phi) is 7.47. The maximum atomic E-state index is 11.6. The summed E-state index contributed by atoms with van der Waals surface area (Å²) in [5.41, 5.74) is 0. The molecule has 0 aliphatic carbocycles. The van der Waals surface area contributed by atoms with Crippen molar-refractivity contribution in [3.05, 3.63) is 24.2 Å². The number of rotatable bonds is 9. The van der Waals surface area contributed by atoms with Gasteiger partial charge in [-0.3, -0.25) is 9.59 Å². The maximum absolute atomic E-state index is 11.6. The summed E-state index contributed by atoms with van der Waals surface area (Å²) in [5.74, 6) is 0.650. The lowest BCUT2D eigenvalue weighted by Gasteiger charge is -2.13. The third kappa shape index (κ3) is 5.91. The van der Waals surface area contributed by atoms with Gasteiger partial charge in [0.15, 0.2) is 5.76 Å². The Labute approximate surface area is 120 Å². The summed E-state index contributed by atoms with van der Waals surface area (Å²) in [4.78, 5) is 23.1. The molecule has 0 bridgehead atoms. The highest BCUT2D eigenvalue weighted by molar-refractivity contribution is 5.91. The number of carbonyl (C=O) groups excluding carboxylic acids is 2. The van der Waals surface area contributed by atoms with Crippen molar-refractivity contribution in [3.63, 3.8) is 0 Å². The van der Waals surface area contributed by atoms with Crippen LogP contribution in [-0.4, -0.2) is 24.9 Å². The van der Waals surface area contributed by atoms with Crippen LogP contribution in [0.2, 0.25) is 0 Å². The monoisotopic (exact) mass is 280 g/mol. The number of carbonyl (C=O) groups is 2. The highest BCUT2D eigenvalue weighted by Crippen LogP contribution is 2.05. The molecule has 2 amide bonds. The quantitative estimate of drug-likeness (QED) is 0.682. The van der Waals surface area contributed by atoms with Crippen molar-refractivity contribution in [2.24, 2.45) is 5.92 Å². The predicted molar refractivity (Wildman–Crippen MR) is 77.4 cm³/mol. The van der Waals surface area contributed by atoms with Crippen molar-refractivity contribution >= 4 is 11.8 Å². The Morgan fingerprint density at radius 2 is 2.00 bits per heavy atom. The largest absolute Gasteiger partial charge is 0.459 e. The second kappa shape index (κ2) is 9.18. The van der Waals surface area contributed by atoms with E-state index >= 15 is 0 Å². The fourth-order valence-corrected chi connectivity index (χ4v) is 1.87. The summed E-state index contributed by atoms with van der Waals surface area (Å²) in [6.07, 6.45) is 4.67. The molecule has 0 aliphatic heterocycles. The Hall–Kier alpha value is -1.78. The van der Waals surface area contributed by atoms with E-state index < -0.39 is 0 Å². The molecule has 1 aromatic rings. The Morgan fingerprint density at radius 3 is 2.60 bits per heavy atom. The third-order valence-corrected chi connectivity index (χ3v) is 3.35. The average Bonchev–Trinajstić information content (AvgIpc) is 2.98. The van der Waals surface area contributed by atoms with Gasteiger partial charge in [-0.15, -0.1) is 0 Å². The molecule has 0 fully saturated rings. The van der Waals surface area contributed by atoms with Crippen LogP contribution in [0.3, 0.4) is 0 Å². The lowest BCUT2D eigenvalue weighted by atomic mass is 10.0. The standard InChI is InChI=1S/C15H24N2O3/c1-3-12(4-2)11-17-14(18)8-5-9-16-15(19)13-7-6-10-20-13/h6-7,10,12H,3-5,8-9,11H2,1-2H3,(H,16,19)(H,17,18). The van der Waals surface area contributed by atoms with Gasteiger partial charge < -0.3 is 15.1 Å². The van der Waals surface area contributed by atoms with Gasteiger partial charge in [-0.2, -0.15) is 0 Å². The van der Waals surface area contributed by atoms with Crippen LogP contribution in [0, 0.1) is 5.92 Å². The van der Waals surface area contributed by atoms with Crippen LogP contribution in [0.4, 0.5) is 0 Å². The van der Waals surface area contributed by atoms with Crippen LogP contribution >= 0.6 is 0 Å². The van der Waals surface area contributed by atoms with E-state index in [0.29, 0.717) is 31.1 Å². The first-order chi connectivity index (χ1) is 9.67. The predicted octanol–water partition coefficient (Wildman–Crippen LogP) is 2.34. The Bertz CT molecular complexity index is 397. The zero-order valence-corrected chi connectivity index (χ0v) is 12.3. The average molecular weight is 280 g/mol. The van der Waals surface area contributed by atoms with Crippen molar-refractivity contribution in [1.29, 1.82) is 0 Å². The number of nitrogens with one attached hydrogen (secondary N) is 2. The van der Waals surface area contributed by atoms with Gasteiger partial charge in [0.25, 0.3) is 5.91 Å². The molecule has 0 spiro atoms. The highest BCUT2D eigenvalue weighted by atomic mass is 16.3. The molecule has 112 valence electrons. The first-order valence-electron chi connectivity index (χ1n) is 7.25. The molecule has 0 unspecified atom stereocenters. The molecule has 1 aromatic heterocycles. The normalized spacial score (nSPS) is 10.6. The molecule has 0 aromatic carbocycles. The molecule has 1 rings (SSSR count). The third-order valence-electron chi connectivity index (χ3n) is 3.35. The van der Waals surface area contributed by atoms with Crippen molar-refractivity contribution in [2.75, 3.05) is 13.1 Å². The van der Waals surface area contributed by atoms with E-state index in [2.05, 4.69) is 24.5 Å². The summed E-state index contributed by atoms with van der Waals surface area (Å²) >= 11 is 0. The molecule has 1 heterocycles. The number of hydrogen-bond acceptors (Lipinski definition) is 3. The van der Waals surface area contributed by atoms with Crippen LogP contribution in [0.5, 0.6) is 0 Å². The molecule has 0 atom stereocenters. The van der Waals surface area contributed by atoms with E-state index in [1.165, 1.54) is 6.26 Å². The molecule has 20 heavy (non-hydrogen) atoms. The van der Waals surface area contributed by atoms with Gasteiger partial charge in [0.05, 0.1) is 6.26 Å². The van der Waals surface area contributed by atoms with E-state index in [-0.39, 0.29) is 11.8 Å². The lowest BCUT2D eigenvalue weighted by molar-refractivity contribution is -0.121. The molecule has 5 heteroatoms. The van der Waals surface area contributed by atoms with Crippen LogP contribution in [0.1, 0.15) is 50.1 Å². The van der Waals surface area contributed by atoms with Gasteiger partial charge >= 0.3 is 0 Å². The van der Waals surface area contributed by atoms with Gasteiger partial charge in [0.1, 0.15) is 0 Å². The van der Waals surface area contributed by atoms with E-state index in [1.807, 2.05) is 0 Å². The minimum atomic E-state index is -0.243. The van der Waals surface area contributed by atoms with Gasteiger partial charge in [-0.25, -0.2) is 0 Å². The molecule has 0 saturated carbocycles. The topological polar surface area (TPSA) is 71.3 Å². The van der Waals surface area contributed by atoms with Crippen molar-refractivity contribution < 1.29 is 14.0 Å². The summed E-state index contributed by atoms with van der Waals surface area (Å²) in [7, 11) is 0. The highest BCUT2D eigenvalue weighted by Gasteiger charge is 2.08. The Morgan fingerprint density at radius 1 is 1.25 bits per heavy atom. The van der Waals surface area contributed by atoms with Crippen LogP contribution < -0.4 is 10.6 Å². The summed E-state index contributed by atoms with van der Waals surface area (Å²) in [6, 6.07) is 3.28. The van der Waals surface area contributed by atoms with Gasteiger partial charge in [-0.1, -0.05) is 26.7 Å². The molecule has 0 saturated heterocycles. The van der Waals surface area contributed by atoms with Crippen molar-refractivity contribution in [1.82, 2.24) is 10.6 Å². The van der Waals surface area contributed by atoms with Crippen LogP contribution in [-0.2, 0) is 4.79 Å². The lowest BCUT2D eigenvalue weighted by Crippen LogP contribution is -2.30. The van der Waals surface area contributed by atoms with Crippen LogP contribution in [0.15, 0.2) is 22.8 Å². The Balaban J connectivity index is 2.09. The number of amides is 2. The van der Waals surface area contributed by atoms with Crippen LogP contribution in [0.25, 0.3) is 0 Å². The van der Waals surface area contributed by atoms with E-state index in [9.17, 15) is 9.59 Å². The SMILES string of the molecule is CCC(CC)CNC(=O)CCCNC(=O)c1ccco1. The summed E-state index contributed by atoms with van der Waals surface area (Å²) < 4.78 is 4.97. The van der Waals surface area contributed by atoms with Gasteiger partial charge in [-0.05, 0) is 24.5 Å². The smallest absolute Gasteiger partial charge is 0.286 e. The molecular formula is C15H24N2O3. The van der Waals surface area contributed by atoms with Gasteiger partial charge in [0, 0.05) is 19.5 Å². The van der Waals surface area contributed by atoms with Crippen molar-refractivity contribution in [3.8, 4) is 0 Å². The first-order valence-corrected chi connectivity index (χ1v) is 7.25. The second-order valence-electron chi connectivity index (χ2n) is 4.82. The van der Waals surface area contributed by atoms with E-state index in [1.54, 1.807) is 12.1 Å². The molecule has 2 N–H and O–H groups in total. The molecule has 0 radical (unpaired) electrons. The molecule has 5 nitrogen and oxygen atoms in total. The fourth-order valence-electron chi connectivity index (χ4n) is 1.87. The zero-order chi connectivity index (χ0) is 14.8. The number of hydrogen-bond donors (Lipinski definition) is 2. The first kappa shape index (κ1) is 16.3. The van der Waals surface area contributed by atoms with E-state index in [4.69, 9.17) is 4.42 Å². The molecular weight excluding hydrogens is 256 g/mol. The maximum Gasteiger partial charge on any atom is 0.286 e. The fraction of sp³-hybridized carbons (Fsp3) is 0.600. The summed E-state index contributed by atoms with van der Waals surface area (Å²) in [6.45, 7) is 5.47. The van der Waals surface area contributed by atoms with Gasteiger partial charge in [0.2, 0.25) is 5.91 Å².